The number of rotatable bonds is 9. The highest BCUT2D eigenvalue weighted by Crippen LogP contribution is 2.37. The molecular formula is C17H33NO2S. The summed E-state index contributed by atoms with van der Waals surface area (Å²) in [5.74, 6) is 2.90. The van der Waals surface area contributed by atoms with Crippen molar-refractivity contribution < 1.29 is 8.42 Å². The topological polar surface area (TPSA) is 46.2 Å². The lowest BCUT2D eigenvalue weighted by molar-refractivity contribution is 0.168. The largest absolute Gasteiger partial charge is 0.314 e. The molecule has 3 atom stereocenters. The lowest BCUT2D eigenvalue weighted by Gasteiger charge is -2.36. The minimum Gasteiger partial charge on any atom is -0.314 e. The van der Waals surface area contributed by atoms with Crippen LogP contribution in [0.5, 0.6) is 0 Å². The summed E-state index contributed by atoms with van der Waals surface area (Å²) in [6.45, 7) is 5.34. The fourth-order valence-corrected chi connectivity index (χ4v) is 5.25. The van der Waals surface area contributed by atoms with Gasteiger partial charge >= 0.3 is 0 Å². The van der Waals surface area contributed by atoms with Gasteiger partial charge in [0.2, 0.25) is 0 Å². The molecular weight excluding hydrogens is 282 g/mol. The number of sulfone groups is 1. The molecule has 4 heteroatoms. The minimum absolute atomic E-state index is 0.363. The van der Waals surface area contributed by atoms with Gasteiger partial charge in [0, 0.05) is 11.8 Å². The van der Waals surface area contributed by atoms with Crippen molar-refractivity contribution in [1.29, 1.82) is 0 Å². The third-order valence-corrected chi connectivity index (χ3v) is 7.27. The average Bonchev–Trinajstić information content (AvgIpc) is 3.27. The summed E-state index contributed by atoms with van der Waals surface area (Å²) in [6.07, 6.45) is 9.42. The molecule has 0 heterocycles. The van der Waals surface area contributed by atoms with E-state index in [1.54, 1.807) is 0 Å². The van der Waals surface area contributed by atoms with Crippen molar-refractivity contribution in [2.45, 2.75) is 71.3 Å². The van der Waals surface area contributed by atoms with Crippen molar-refractivity contribution in [2.24, 2.45) is 17.8 Å². The van der Waals surface area contributed by atoms with Crippen LogP contribution < -0.4 is 5.32 Å². The van der Waals surface area contributed by atoms with Crippen LogP contribution in [0, 0.1) is 17.8 Å². The number of hydrogen-bond donors (Lipinski definition) is 1. The molecule has 3 nitrogen and oxygen atoms in total. The van der Waals surface area contributed by atoms with Gasteiger partial charge in [0.05, 0.1) is 5.75 Å². The van der Waals surface area contributed by atoms with Crippen LogP contribution in [0.2, 0.25) is 0 Å². The van der Waals surface area contributed by atoms with E-state index in [0.29, 0.717) is 23.3 Å². The minimum atomic E-state index is -2.82. The summed E-state index contributed by atoms with van der Waals surface area (Å²) in [4.78, 5) is 0. The molecule has 21 heavy (non-hydrogen) atoms. The highest BCUT2D eigenvalue weighted by Gasteiger charge is 2.32. The molecule has 2 saturated carbocycles. The molecule has 2 fully saturated rings. The molecule has 2 aliphatic rings. The molecule has 0 amide bonds. The monoisotopic (exact) mass is 315 g/mol. The van der Waals surface area contributed by atoms with Crippen LogP contribution in [-0.4, -0.2) is 32.5 Å². The van der Waals surface area contributed by atoms with Gasteiger partial charge in [-0.15, -0.1) is 0 Å². The Morgan fingerprint density at radius 3 is 2.38 bits per heavy atom. The zero-order chi connectivity index (χ0) is 15.3. The maximum Gasteiger partial charge on any atom is 0.150 e. The molecule has 3 unspecified atom stereocenters. The van der Waals surface area contributed by atoms with Gasteiger partial charge in [0.1, 0.15) is 9.84 Å². The Labute approximate surface area is 131 Å². The Bertz CT molecular complexity index is 403. The molecule has 0 aromatic carbocycles. The van der Waals surface area contributed by atoms with Crippen molar-refractivity contribution in [3.63, 3.8) is 0 Å². The van der Waals surface area contributed by atoms with Crippen molar-refractivity contribution in [1.82, 2.24) is 5.32 Å². The fraction of sp³-hybridized carbons (Fsp3) is 1.00. The molecule has 1 N–H and O–H groups in total. The van der Waals surface area contributed by atoms with E-state index in [1.807, 2.05) is 6.92 Å². The summed E-state index contributed by atoms with van der Waals surface area (Å²) in [5, 5.41) is 3.66. The second-order valence-electron chi connectivity index (χ2n) is 7.23. The van der Waals surface area contributed by atoms with Crippen molar-refractivity contribution >= 4 is 9.84 Å². The van der Waals surface area contributed by atoms with Gasteiger partial charge in [-0.3, -0.25) is 0 Å². The molecule has 0 aromatic heterocycles. The normalized spacial score (nSPS) is 30.5. The second kappa shape index (κ2) is 7.96. The summed E-state index contributed by atoms with van der Waals surface area (Å²) in [7, 11) is -2.82. The molecule has 2 rings (SSSR count). The van der Waals surface area contributed by atoms with Gasteiger partial charge in [-0.2, -0.15) is 0 Å². The van der Waals surface area contributed by atoms with Gasteiger partial charge in [0.25, 0.3) is 0 Å². The van der Waals surface area contributed by atoms with Crippen LogP contribution in [0.15, 0.2) is 0 Å². The molecule has 0 saturated heterocycles. The fourth-order valence-electron chi connectivity index (χ4n) is 3.77. The third-order valence-electron chi connectivity index (χ3n) is 5.39. The van der Waals surface area contributed by atoms with E-state index in [1.165, 1.54) is 38.5 Å². The first-order valence-electron chi connectivity index (χ1n) is 8.97. The predicted molar refractivity (Wildman–Crippen MR) is 89.2 cm³/mol. The molecule has 0 bridgehead atoms. The SMILES string of the molecule is CCCS(=O)(=O)CCC1CC(CC)CCC1CNC1CC1. The molecule has 0 radical (unpaired) electrons. The van der Waals surface area contributed by atoms with E-state index in [2.05, 4.69) is 12.2 Å². The maximum absolute atomic E-state index is 12.0. The Morgan fingerprint density at radius 2 is 1.76 bits per heavy atom. The van der Waals surface area contributed by atoms with Gasteiger partial charge < -0.3 is 5.32 Å². The Balaban J connectivity index is 1.85. The lowest BCUT2D eigenvalue weighted by atomic mass is 9.72. The van der Waals surface area contributed by atoms with Crippen LogP contribution in [0.1, 0.15) is 65.2 Å². The van der Waals surface area contributed by atoms with E-state index in [9.17, 15) is 8.42 Å². The summed E-state index contributed by atoms with van der Waals surface area (Å²) in [5.41, 5.74) is 0. The van der Waals surface area contributed by atoms with Crippen LogP contribution in [0.25, 0.3) is 0 Å². The van der Waals surface area contributed by atoms with Gasteiger partial charge in [-0.1, -0.05) is 26.7 Å². The van der Waals surface area contributed by atoms with E-state index < -0.39 is 9.84 Å². The number of hydrogen-bond acceptors (Lipinski definition) is 3. The van der Waals surface area contributed by atoms with E-state index >= 15 is 0 Å². The average molecular weight is 316 g/mol. The van der Waals surface area contributed by atoms with Crippen molar-refractivity contribution in [3.8, 4) is 0 Å². The Kier molecular flexibility index (Phi) is 6.54. The molecule has 0 aliphatic heterocycles. The highest BCUT2D eigenvalue weighted by molar-refractivity contribution is 7.91. The smallest absolute Gasteiger partial charge is 0.150 e. The summed E-state index contributed by atoms with van der Waals surface area (Å²) >= 11 is 0. The molecule has 2 aliphatic carbocycles. The molecule has 124 valence electrons. The number of nitrogens with one attached hydrogen (secondary N) is 1. The maximum atomic E-state index is 12.0. The van der Waals surface area contributed by atoms with Crippen molar-refractivity contribution in [3.05, 3.63) is 0 Å². The first-order valence-corrected chi connectivity index (χ1v) is 10.8. The molecule has 0 aromatic rings. The standard InChI is InChI=1S/C17H33NO2S/c1-3-10-21(19,20)11-9-15-12-14(4-2)5-6-16(15)13-18-17-7-8-17/h14-18H,3-13H2,1-2H3. The van der Waals surface area contributed by atoms with Crippen molar-refractivity contribution in [2.75, 3.05) is 18.1 Å². The van der Waals surface area contributed by atoms with Crippen LogP contribution >= 0.6 is 0 Å². The molecule has 0 spiro atoms. The zero-order valence-electron chi connectivity index (χ0n) is 13.8. The van der Waals surface area contributed by atoms with E-state index in [0.717, 1.165) is 31.3 Å². The quantitative estimate of drug-likeness (QED) is 0.709. The Morgan fingerprint density at radius 1 is 1.00 bits per heavy atom. The first kappa shape index (κ1) is 17.3. The summed E-state index contributed by atoms with van der Waals surface area (Å²) in [6, 6.07) is 0.762. The first-order chi connectivity index (χ1) is 10.0. The zero-order valence-corrected chi connectivity index (χ0v) is 14.6. The van der Waals surface area contributed by atoms with Gasteiger partial charge in [0.15, 0.2) is 0 Å². The van der Waals surface area contributed by atoms with Crippen LogP contribution in [0.3, 0.4) is 0 Å². The summed E-state index contributed by atoms with van der Waals surface area (Å²) < 4.78 is 24.0. The van der Waals surface area contributed by atoms with Crippen LogP contribution in [-0.2, 0) is 9.84 Å². The third kappa shape index (κ3) is 5.90. The lowest BCUT2D eigenvalue weighted by Crippen LogP contribution is -2.35. The predicted octanol–water partition coefficient (Wildman–Crippen LogP) is 3.40. The van der Waals surface area contributed by atoms with E-state index in [4.69, 9.17) is 0 Å². The van der Waals surface area contributed by atoms with Crippen LogP contribution in [0.4, 0.5) is 0 Å². The second-order valence-corrected chi connectivity index (χ2v) is 9.53. The van der Waals surface area contributed by atoms with Gasteiger partial charge in [-0.05, 0) is 62.8 Å². The van der Waals surface area contributed by atoms with E-state index in [-0.39, 0.29) is 0 Å². The Hall–Kier alpha value is -0.0900. The van der Waals surface area contributed by atoms with Gasteiger partial charge in [-0.25, -0.2) is 8.42 Å². The highest BCUT2D eigenvalue weighted by atomic mass is 32.2.